The molecule has 1 aromatic rings. The van der Waals surface area contributed by atoms with E-state index in [0.717, 1.165) is 25.6 Å². The largest absolute Gasteiger partial charge is 0.351 e. The van der Waals surface area contributed by atoms with Crippen LogP contribution in [0.15, 0.2) is 6.07 Å². The van der Waals surface area contributed by atoms with E-state index < -0.39 is 0 Å². The molecule has 1 aromatic heterocycles. The van der Waals surface area contributed by atoms with Gasteiger partial charge in [-0.2, -0.15) is 0 Å². The lowest BCUT2D eigenvalue weighted by molar-refractivity contribution is 0.0944. The zero-order valence-electron chi connectivity index (χ0n) is 11.4. The van der Waals surface area contributed by atoms with Crippen molar-refractivity contribution in [3.05, 3.63) is 21.9 Å². The van der Waals surface area contributed by atoms with Gasteiger partial charge in [0.25, 0.3) is 5.91 Å². The van der Waals surface area contributed by atoms with Gasteiger partial charge in [-0.3, -0.25) is 4.79 Å². The van der Waals surface area contributed by atoms with E-state index in [2.05, 4.69) is 27.3 Å². The third-order valence-corrected chi connectivity index (χ3v) is 4.02. The van der Waals surface area contributed by atoms with Gasteiger partial charge >= 0.3 is 0 Å². The minimum Gasteiger partial charge on any atom is -0.351 e. The molecule has 1 fully saturated rings. The highest BCUT2D eigenvalue weighted by Crippen LogP contribution is 2.16. The standard InChI is InChI=1S/C13H18Cl2N4O/c1-9-2-5-19(6-3-9)7-4-16-13(20)10-8-11(14)17-18-12(10)15/h8-9H,2-7H2,1H3,(H,16,20). The topological polar surface area (TPSA) is 58.1 Å². The molecule has 0 unspecified atom stereocenters. The van der Waals surface area contributed by atoms with Gasteiger partial charge in [-0.25, -0.2) is 0 Å². The van der Waals surface area contributed by atoms with Crippen molar-refractivity contribution >= 4 is 29.1 Å². The molecule has 110 valence electrons. The summed E-state index contributed by atoms with van der Waals surface area (Å²) in [6.45, 7) is 5.91. The summed E-state index contributed by atoms with van der Waals surface area (Å²) in [5.41, 5.74) is 0.263. The van der Waals surface area contributed by atoms with Gasteiger partial charge in [0, 0.05) is 13.1 Å². The van der Waals surface area contributed by atoms with Crippen LogP contribution in [0.4, 0.5) is 0 Å². The monoisotopic (exact) mass is 316 g/mol. The summed E-state index contributed by atoms with van der Waals surface area (Å²) in [5, 5.41) is 10.3. The maximum absolute atomic E-state index is 12.0. The maximum Gasteiger partial charge on any atom is 0.254 e. The Morgan fingerprint density at radius 1 is 1.40 bits per heavy atom. The molecular weight excluding hydrogens is 299 g/mol. The van der Waals surface area contributed by atoms with Gasteiger partial charge in [0.15, 0.2) is 10.3 Å². The summed E-state index contributed by atoms with van der Waals surface area (Å²) in [6.07, 6.45) is 2.45. The Hall–Kier alpha value is -0.910. The number of aromatic nitrogens is 2. The van der Waals surface area contributed by atoms with Crippen LogP contribution in [0.1, 0.15) is 30.1 Å². The molecule has 0 bridgehead atoms. The van der Waals surface area contributed by atoms with E-state index in [0.29, 0.717) is 6.54 Å². The number of nitrogens with zero attached hydrogens (tertiary/aromatic N) is 3. The van der Waals surface area contributed by atoms with Gasteiger partial charge in [0.2, 0.25) is 0 Å². The van der Waals surface area contributed by atoms with Crippen LogP contribution >= 0.6 is 23.2 Å². The van der Waals surface area contributed by atoms with E-state index in [4.69, 9.17) is 23.2 Å². The predicted octanol–water partition coefficient (Wildman–Crippen LogP) is 2.25. The van der Waals surface area contributed by atoms with E-state index in [1.165, 1.54) is 18.9 Å². The zero-order chi connectivity index (χ0) is 14.5. The highest BCUT2D eigenvalue weighted by atomic mass is 35.5. The van der Waals surface area contributed by atoms with Gasteiger partial charge in [0.05, 0.1) is 5.56 Å². The van der Waals surface area contributed by atoms with Crippen LogP contribution in [-0.4, -0.2) is 47.2 Å². The number of piperidine rings is 1. The lowest BCUT2D eigenvalue weighted by atomic mass is 9.99. The molecule has 5 nitrogen and oxygen atoms in total. The molecule has 0 radical (unpaired) electrons. The molecule has 0 spiro atoms. The molecule has 1 amide bonds. The average Bonchev–Trinajstić information content (AvgIpc) is 2.43. The second-order valence-electron chi connectivity index (χ2n) is 5.15. The van der Waals surface area contributed by atoms with Crippen molar-refractivity contribution in [1.82, 2.24) is 20.4 Å². The van der Waals surface area contributed by atoms with Crippen molar-refractivity contribution in [2.24, 2.45) is 5.92 Å². The fourth-order valence-electron chi connectivity index (χ4n) is 2.22. The van der Waals surface area contributed by atoms with Crippen LogP contribution in [0.2, 0.25) is 10.3 Å². The molecule has 0 aliphatic carbocycles. The zero-order valence-corrected chi connectivity index (χ0v) is 12.9. The van der Waals surface area contributed by atoms with Gasteiger partial charge in [-0.15, -0.1) is 10.2 Å². The predicted molar refractivity (Wildman–Crippen MR) is 79.2 cm³/mol. The minimum atomic E-state index is -0.267. The normalized spacial score (nSPS) is 17.1. The number of likely N-dealkylation sites (tertiary alicyclic amines) is 1. The van der Waals surface area contributed by atoms with Crippen molar-refractivity contribution in [3.63, 3.8) is 0 Å². The highest BCUT2D eigenvalue weighted by Gasteiger charge is 2.16. The molecule has 20 heavy (non-hydrogen) atoms. The molecule has 1 aliphatic rings. The summed E-state index contributed by atoms with van der Waals surface area (Å²) >= 11 is 11.5. The minimum absolute atomic E-state index is 0.0682. The van der Waals surface area contributed by atoms with E-state index in [-0.39, 0.29) is 21.8 Å². The second-order valence-corrected chi connectivity index (χ2v) is 5.90. The highest BCUT2D eigenvalue weighted by molar-refractivity contribution is 6.34. The first kappa shape index (κ1) is 15.5. The van der Waals surface area contributed by atoms with Crippen LogP contribution in [0.5, 0.6) is 0 Å². The van der Waals surface area contributed by atoms with Crippen molar-refractivity contribution < 1.29 is 4.79 Å². The summed E-state index contributed by atoms with van der Waals surface area (Å²) in [7, 11) is 0. The van der Waals surface area contributed by atoms with E-state index in [1.807, 2.05) is 0 Å². The van der Waals surface area contributed by atoms with Gasteiger partial charge in [-0.1, -0.05) is 30.1 Å². The van der Waals surface area contributed by atoms with Gasteiger partial charge in [-0.05, 0) is 37.9 Å². The number of carbonyl (C=O) groups excluding carboxylic acids is 1. The molecule has 0 aromatic carbocycles. The third kappa shape index (κ3) is 4.30. The Bertz CT molecular complexity index is 475. The molecule has 2 rings (SSSR count). The van der Waals surface area contributed by atoms with Crippen molar-refractivity contribution in [2.45, 2.75) is 19.8 Å². The van der Waals surface area contributed by atoms with Crippen molar-refractivity contribution in [1.29, 1.82) is 0 Å². The lowest BCUT2D eigenvalue weighted by Crippen LogP contribution is -2.39. The molecule has 1 saturated heterocycles. The van der Waals surface area contributed by atoms with Crippen molar-refractivity contribution in [3.8, 4) is 0 Å². The Morgan fingerprint density at radius 3 is 2.80 bits per heavy atom. The van der Waals surface area contributed by atoms with Crippen LogP contribution in [0, 0.1) is 5.92 Å². The number of hydrogen-bond donors (Lipinski definition) is 1. The smallest absolute Gasteiger partial charge is 0.254 e. The SMILES string of the molecule is CC1CCN(CCNC(=O)c2cc(Cl)nnc2Cl)CC1. The molecule has 2 heterocycles. The summed E-state index contributed by atoms with van der Waals surface area (Å²) in [4.78, 5) is 14.3. The second kappa shape index (κ2) is 7.20. The first-order valence-electron chi connectivity index (χ1n) is 6.75. The van der Waals surface area contributed by atoms with Crippen LogP contribution in [-0.2, 0) is 0 Å². The van der Waals surface area contributed by atoms with Crippen molar-refractivity contribution in [2.75, 3.05) is 26.2 Å². The third-order valence-electron chi connectivity index (χ3n) is 3.55. The lowest BCUT2D eigenvalue weighted by Gasteiger charge is -2.30. The average molecular weight is 317 g/mol. The maximum atomic E-state index is 12.0. The molecular formula is C13H18Cl2N4O. The molecule has 7 heteroatoms. The fraction of sp³-hybridized carbons (Fsp3) is 0.615. The first-order chi connectivity index (χ1) is 9.56. The molecule has 1 aliphatic heterocycles. The Balaban J connectivity index is 1.79. The first-order valence-corrected chi connectivity index (χ1v) is 7.51. The quantitative estimate of drug-likeness (QED) is 0.925. The van der Waals surface area contributed by atoms with Crippen LogP contribution in [0.3, 0.4) is 0 Å². The Kier molecular flexibility index (Phi) is 5.57. The number of halogens is 2. The Morgan fingerprint density at radius 2 is 2.10 bits per heavy atom. The summed E-state index contributed by atoms with van der Waals surface area (Å²) in [5.74, 6) is 0.543. The van der Waals surface area contributed by atoms with Crippen LogP contribution < -0.4 is 5.32 Å². The van der Waals surface area contributed by atoms with E-state index in [9.17, 15) is 4.79 Å². The summed E-state index contributed by atoms with van der Waals surface area (Å²) in [6, 6.07) is 1.43. The van der Waals surface area contributed by atoms with Gasteiger partial charge in [0.1, 0.15) is 0 Å². The summed E-state index contributed by atoms with van der Waals surface area (Å²) < 4.78 is 0. The number of hydrogen-bond acceptors (Lipinski definition) is 4. The molecule has 0 saturated carbocycles. The molecule has 1 N–H and O–H groups in total. The van der Waals surface area contributed by atoms with E-state index in [1.54, 1.807) is 0 Å². The van der Waals surface area contributed by atoms with Crippen LogP contribution in [0.25, 0.3) is 0 Å². The number of carbonyl (C=O) groups is 1. The van der Waals surface area contributed by atoms with E-state index >= 15 is 0 Å². The number of nitrogens with one attached hydrogen (secondary N) is 1. The number of amides is 1. The fourth-order valence-corrected chi connectivity index (χ4v) is 2.55. The number of rotatable bonds is 4. The molecule has 0 atom stereocenters. The Labute approximate surface area is 128 Å². The van der Waals surface area contributed by atoms with Gasteiger partial charge < -0.3 is 10.2 Å².